The molecule has 378 valence electrons. The van der Waals surface area contributed by atoms with Gasteiger partial charge in [-0.2, -0.15) is 0 Å². The fourth-order valence-corrected chi connectivity index (χ4v) is 10.6. The minimum atomic E-state index is -2.42. The Kier molecular flexibility index (Phi) is 22.3. The van der Waals surface area contributed by atoms with Gasteiger partial charge in [0.2, 0.25) is 5.79 Å². The van der Waals surface area contributed by atoms with E-state index < -0.39 is 77.8 Å². The molecule has 3 heterocycles. The molecule has 1 unspecified atom stereocenters. The van der Waals surface area contributed by atoms with Gasteiger partial charge in [0.05, 0.1) is 18.3 Å². The van der Waals surface area contributed by atoms with Crippen molar-refractivity contribution in [3.05, 3.63) is 47.6 Å². The van der Waals surface area contributed by atoms with Gasteiger partial charge in [0.1, 0.15) is 30.1 Å². The van der Waals surface area contributed by atoms with Crippen molar-refractivity contribution in [1.82, 2.24) is 10.2 Å². The molecule has 0 aromatic rings. The number of hydrogen-bond acceptors (Lipinski definition) is 13. The lowest BCUT2D eigenvalue weighted by molar-refractivity contribution is -0.265. The molecule has 0 radical (unpaired) electrons. The summed E-state index contributed by atoms with van der Waals surface area (Å²) in [5.41, 5.74) is 1.29. The Labute approximate surface area is 400 Å². The standard InChI is InChI=1S/C53H84N2O12/c1-12-54-41-24-22-39(29-46(41)64-10)28-35(5)45-31-43(56)34(4)27-37(7)48(58)49(65-11)47(57)36(6)26-32(2)18-14-13-15-19-33(3)44(63-9)30-40-23-21-38(8)53(62,67-40)50(59)51(60)55-25-17-16-20-42(55)52(61)66-45/h13-15,18-19,27,32,34-36,38-42,44-46,48-49,54,58,62H,12,16-17,20-26,28-31H2,1-11H3/b15-13+,18-14+,33-19+,37-27+/t32-,34-,35-,36-,38-,39+,40+,41-,42?,44+,45+,46-,48-,49+,53-/m1/s1. The summed E-state index contributed by atoms with van der Waals surface area (Å²) in [5.74, 6) is -7.59. The van der Waals surface area contributed by atoms with Crippen LogP contribution in [0.3, 0.4) is 0 Å². The molecule has 0 aromatic heterocycles. The molecule has 4 rings (SSSR count). The van der Waals surface area contributed by atoms with Crippen LogP contribution in [0.5, 0.6) is 0 Å². The van der Waals surface area contributed by atoms with Crippen LogP contribution in [0.2, 0.25) is 0 Å². The highest BCUT2D eigenvalue weighted by molar-refractivity contribution is 6.39. The predicted octanol–water partition coefficient (Wildman–Crippen LogP) is 6.80. The molecular formula is C53H84N2O12. The number of nitrogens with one attached hydrogen (secondary N) is 1. The first-order valence-electron chi connectivity index (χ1n) is 25.0. The molecule has 3 fully saturated rings. The Morgan fingerprint density at radius 2 is 1.61 bits per heavy atom. The zero-order valence-electron chi connectivity index (χ0n) is 42.4. The van der Waals surface area contributed by atoms with Gasteiger partial charge in [0, 0.05) is 64.5 Å². The van der Waals surface area contributed by atoms with E-state index in [1.807, 2.05) is 58.1 Å². The van der Waals surface area contributed by atoms with Gasteiger partial charge in [0.15, 0.2) is 5.78 Å². The average molecular weight is 941 g/mol. The maximum atomic E-state index is 14.5. The highest BCUT2D eigenvalue weighted by atomic mass is 16.6. The second-order valence-corrected chi connectivity index (χ2v) is 20.2. The summed E-state index contributed by atoms with van der Waals surface area (Å²) in [4.78, 5) is 72.2. The number of piperidine rings is 1. The SMILES string of the molecule is CCN[C@@H]1CC[C@@H](C[C@@H](C)[C@@H]2CC(=O)[C@H](C)/C=C(\C)[C@@H](O)[C@@H](OC)C(=O)[C@H](C)C[C@H](C)/C=C/C=C/C=C(\C)[C@@H](OC)C[C@@H]3CC[C@@H](C)[C@@](O)(O3)C(=O)C(=O)N3CCCCC3C(=O)O2)C[C@H]1OC. The Hall–Kier alpha value is -3.37. The Balaban J connectivity index is 1.70. The number of Topliss-reactive ketones (excluding diaryl/α,β-unsaturated/α-hetero) is 3. The van der Waals surface area contributed by atoms with Gasteiger partial charge in [-0.15, -0.1) is 0 Å². The van der Waals surface area contributed by atoms with Crippen LogP contribution in [0, 0.1) is 35.5 Å². The third-order valence-corrected chi connectivity index (χ3v) is 15.0. The van der Waals surface area contributed by atoms with Crippen molar-refractivity contribution in [2.24, 2.45) is 35.5 Å². The van der Waals surface area contributed by atoms with Crippen molar-refractivity contribution in [3.8, 4) is 0 Å². The number of allylic oxidation sites excluding steroid dienone is 6. The number of aliphatic hydroxyl groups excluding tert-OH is 1. The quantitative estimate of drug-likeness (QED) is 0.131. The largest absolute Gasteiger partial charge is 0.460 e. The van der Waals surface area contributed by atoms with Crippen LogP contribution in [-0.4, -0.2) is 133 Å². The van der Waals surface area contributed by atoms with Gasteiger partial charge in [-0.25, -0.2) is 4.79 Å². The number of nitrogens with zero attached hydrogens (tertiary/aromatic N) is 1. The van der Waals surface area contributed by atoms with Crippen molar-refractivity contribution in [2.45, 2.75) is 187 Å². The number of carbonyl (C=O) groups excluding carboxylic acids is 5. The third kappa shape index (κ3) is 15.1. The van der Waals surface area contributed by atoms with Gasteiger partial charge in [-0.3, -0.25) is 19.2 Å². The number of cyclic esters (lactones) is 1. The fraction of sp³-hybridized carbons (Fsp3) is 0.755. The van der Waals surface area contributed by atoms with E-state index in [0.717, 1.165) is 31.4 Å². The van der Waals surface area contributed by atoms with Gasteiger partial charge in [-0.05, 0) is 114 Å². The topological polar surface area (TPSA) is 187 Å². The van der Waals surface area contributed by atoms with E-state index >= 15 is 0 Å². The molecule has 1 aliphatic carbocycles. The third-order valence-electron chi connectivity index (χ3n) is 15.0. The first-order valence-corrected chi connectivity index (χ1v) is 25.0. The van der Waals surface area contributed by atoms with Crippen LogP contribution in [0.4, 0.5) is 0 Å². The minimum absolute atomic E-state index is 0.00877. The number of fused-ring (bicyclic) bond motifs is 3. The summed E-state index contributed by atoms with van der Waals surface area (Å²) in [6, 6.07) is -0.885. The van der Waals surface area contributed by atoms with Crippen LogP contribution in [0.25, 0.3) is 0 Å². The lowest BCUT2D eigenvalue weighted by atomic mass is 9.77. The summed E-state index contributed by atoms with van der Waals surface area (Å²) >= 11 is 0. The molecule has 4 aliphatic rings. The van der Waals surface area contributed by atoms with Crippen LogP contribution < -0.4 is 5.32 Å². The number of ether oxygens (including phenoxy) is 5. The number of ketones is 3. The van der Waals surface area contributed by atoms with Crippen molar-refractivity contribution < 1.29 is 57.9 Å². The molecule has 0 aromatic carbocycles. The molecule has 14 heteroatoms. The van der Waals surface area contributed by atoms with E-state index in [9.17, 15) is 34.2 Å². The lowest BCUT2D eigenvalue weighted by Crippen LogP contribution is -2.61. The van der Waals surface area contributed by atoms with E-state index in [-0.39, 0.29) is 60.9 Å². The molecule has 67 heavy (non-hydrogen) atoms. The summed E-state index contributed by atoms with van der Waals surface area (Å²) in [5, 5.41) is 27.0. The Morgan fingerprint density at radius 3 is 2.28 bits per heavy atom. The van der Waals surface area contributed by atoms with E-state index in [0.29, 0.717) is 50.5 Å². The molecule has 3 aliphatic heterocycles. The maximum Gasteiger partial charge on any atom is 0.329 e. The van der Waals surface area contributed by atoms with Crippen molar-refractivity contribution >= 4 is 29.2 Å². The lowest BCUT2D eigenvalue weighted by Gasteiger charge is -2.42. The Bertz CT molecular complexity index is 1790. The number of esters is 1. The molecule has 2 saturated heterocycles. The van der Waals surface area contributed by atoms with Crippen LogP contribution in [-0.2, 0) is 47.7 Å². The van der Waals surface area contributed by atoms with Gasteiger partial charge in [0.25, 0.3) is 11.7 Å². The van der Waals surface area contributed by atoms with E-state index in [2.05, 4.69) is 12.2 Å². The number of aliphatic hydroxyl groups is 2. The summed E-state index contributed by atoms with van der Waals surface area (Å²) in [6.07, 6.45) is 13.3. The minimum Gasteiger partial charge on any atom is -0.460 e. The molecule has 3 N–H and O–H groups in total. The molecular weight excluding hydrogens is 857 g/mol. The van der Waals surface area contributed by atoms with Gasteiger partial charge in [-0.1, -0.05) is 78.0 Å². The average Bonchev–Trinajstić information content (AvgIpc) is 3.30. The van der Waals surface area contributed by atoms with Crippen LogP contribution in [0.1, 0.15) is 132 Å². The molecule has 1 saturated carbocycles. The van der Waals surface area contributed by atoms with Crippen LogP contribution in [0.15, 0.2) is 47.6 Å². The number of likely N-dealkylation sites (N-methyl/N-ethyl adjacent to an activating group) is 1. The second kappa shape index (κ2) is 26.6. The van der Waals surface area contributed by atoms with Crippen molar-refractivity contribution in [3.63, 3.8) is 0 Å². The monoisotopic (exact) mass is 941 g/mol. The zero-order chi connectivity index (χ0) is 49.6. The number of methoxy groups -OCH3 is 3. The molecule has 15 atom stereocenters. The molecule has 1 amide bonds. The Morgan fingerprint density at radius 1 is 0.881 bits per heavy atom. The second-order valence-electron chi connectivity index (χ2n) is 20.2. The van der Waals surface area contributed by atoms with Gasteiger partial charge < -0.3 is 44.1 Å². The normalized spacial score (nSPS) is 39.6. The molecule has 14 nitrogen and oxygen atoms in total. The summed E-state index contributed by atoms with van der Waals surface area (Å²) in [6.45, 7) is 15.8. The predicted molar refractivity (Wildman–Crippen MR) is 257 cm³/mol. The zero-order valence-corrected chi connectivity index (χ0v) is 42.4. The van der Waals surface area contributed by atoms with Crippen molar-refractivity contribution in [1.29, 1.82) is 0 Å². The van der Waals surface area contributed by atoms with E-state index in [1.54, 1.807) is 41.1 Å². The summed E-state index contributed by atoms with van der Waals surface area (Å²) in [7, 11) is 4.70. The first kappa shape index (κ1) is 56.2. The summed E-state index contributed by atoms with van der Waals surface area (Å²) < 4.78 is 29.8. The van der Waals surface area contributed by atoms with Crippen LogP contribution >= 0.6 is 0 Å². The van der Waals surface area contributed by atoms with E-state index in [4.69, 9.17) is 23.7 Å². The van der Waals surface area contributed by atoms with Gasteiger partial charge >= 0.3 is 5.97 Å². The number of amides is 1. The smallest absolute Gasteiger partial charge is 0.329 e. The molecule has 0 spiro atoms. The number of hydrogen-bond donors (Lipinski definition) is 3. The highest BCUT2D eigenvalue weighted by Gasteiger charge is 2.53. The number of rotatable bonds is 8. The molecule has 2 bridgehead atoms. The highest BCUT2D eigenvalue weighted by Crippen LogP contribution is 2.38. The maximum absolute atomic E-state index is 14.5. The number of carbonyl (C=O) groups is 5. The van der Waals surface area contributed by atoms with Crippen molar-refractivity contribution in [2.75, 3.05) is 34.4 Å². The first-order chi connectivity index (χ1) is 31.8. The van der Waals surface area contributed by atoms with E-state index in [1.165, 1.54) is 12.0 Å². The fourth-order valence-electron chi connectivity index (χ4n) is 10.6.